The number of hydrogen-bond donors (Lipinski definition) is 0. The van der Waals surface area contributed by atoms with Crippen LogP contribution in [0.5, 0.6) is 0 Å². The highest BCUT2D eigenvalue weighted by atomic mass is 32.1. The first-order valence-corrected chi connectivity index (χ1v) is 6.46. The van der Waals surface area contributed by atoms with Gasteiger partial charge in [-0.25, -0.2) is 0 Å². The van der Waals surface area contributed by atoms with Crippen LogP contribution in [0.15, 0.2) is 0 Å². The highest BCUT2D eigenvalue weighted by molar-refractivity contribution is 7.07. The van der Waals surface area contributed by atoms with Crippen LogP contribution in [0.3, 0.4) is 0 Å². The molecule has 1 fully saturated rings. The smallest absolute Gasteiger partial charge is 0.267 e. The lowest BCUT2D eigenvalue weighted by atomic mass is 10.1. The second-order valence-electron chi connectivity index (χ2n) is 4.39. The number of carbonyl (C=O) groups is 2. The Kier molecular flexibility index (Phi) is 3.51. The number of amides is 1. The topological polar surface area (TPSA) is 63.2 Å². The molecular formula is C11H15N3O2S. The number of Topliss-reactive ketones (excluding diaryl/α,β-unsaturated/α-hetero) is 1. The molecule has 6 heteroatoms. The molecule has 0 bridgehead atoms. The lowest BCUT2D eigenvalue weighted by Crippen LogP contribution is -2.36. The van der Waals surface area contributed by atoms with Gasteiger partial charge in [0.25, 0.3) is 5.91 Å². The standard InChI is InChI=1S/C11H15N3O2S/c1-7(15)6-9-4-3-5-14(9)11(16)10-8(2)12-13-17-10/h9H,3-6H2,1-2H3. The Morgan fingerprint density at radius 3 is 2.88 bits per heavy atom. The molecule has 0 aromatic carbocycles. The quantitative estimate of drug-likeness (QED) is 0.817. The SMILES string of the molecule is CC(=O)CC1CCCN1C(=O)c1snnc1C. The van der Waals surface area contributed by atoms with Crippen molar-refractivity contribution in [3.8, 4) is 0 Å². The second kappa shape index (κ2) is 4.91. The van der Waals surface area contributed by atoms with E-state index in [1.54, 1.807) is 18.7 Å². The largest absolute Gasteiger partial charge is 0.334 e. The van der Waals surface area contributed by atoms with E-state index in [-0.39, 0.29) is 17.7 Å². The van der Waals surface area contributed by atoms with Crippen molar-refractivity contribution in [1.29, 1.82) is 0 Å². The van der Waals surface area contributed by atoms with Gasteiger partial charge in [0.2, 0.25) is 0 Å². The zero-order valence-corrected chi connectivity index (χ0v) is 10.8. The monoisotopic (exact) mass is 253 g/mol. The fourth-order valence-corrected chi connectivity index (χ4v) is 2.82. The lowest BCUT2D eigenvalue weighted by Gasteiger charge is -2.23. The molecule has 0 radical (unpaired) electrons. The average molecular weight is 253 g/mol. The molecule has 1 aliphatic heterocycles. The molecule has 0 N–H and O–H groups in total. The Morgan fingerprint density at radius 1 is 1.53 bits per heavy atom. The second-order valence-corrected chi connectivity index (χ2v) is 5.14. The normalized spacial score (nSPS) is 19.6. The molecular weight excluding hydrogens is 238 g/mol. The maximum absolute atomic E-state index is 12.3. The van der Waals surface area contributed by atoms with Gasteiger partial charge >= 0.3 is 0 Å². The Bertz CT molecular complexity index is 444. The minimum atomic E-state index is -0.0266. The van der Waals surface area contributed by atoms with Crippen LogP contribution in [-0.2, 0) is 4.79 Å². The molecule has 17 heavy (non-hydrogen) atoms. The van der Waals surface area contributed by atoms with Crippen LogP contribution in [0, 0.1) is 6.92 Å². The molecule has 1 aromatic rings. The summed E-state index contributed by atoms with van der Waals surface area (Å²) in [5.41, 5.74) is 0.675. The maximum atomic E-state index is 12.3. The fraction of sp³-hybridized carbons (Fsp3) is 0.636. The molecule has 1 aliphatic rings. The van der Waals surface area contributed by atoms with Gasteiger partial charge in [-0.3, -0.25) is 9.59 Å². The minimum Gasteiger partial charge on any atom is -0.334 e. The van der Waals surface area contributed by atoms with Gasteiger partial charge in [-0.1, -0.05) is 4.49 Å². The number of nitrogens with zero attached hydrogens (tertiary/aromatic N) is 3. The van der Waals surface area contributed by atoms with Crippen molar-refractivity contribution in [1.82, 2.24) is 14.5 Å². The maximum Gasteiger partial charge on any atom is 0.267 e. The molecule has 0 spiro atoms. The van der Waals surface area contributed by atoms with Crippen molar-refractivity contribution >= 4 is 23.2 Å². The average Bonchev–Trinajstić information content (AvgIpc) is 2.85. The summed E-state index contributed by atoms with van der Waals surface area (Å²) < 4.78 is 3.78. The summed E-state index contributed by atoms with van der Waals surface area (Å²) in [6, 6.07) is 0.0569. The van der Waals surface area contributed by atoms with Gasteiger partial charge in [0.05, 0.1) is 5.69 Å². The first-order valence-electron chi connectivity index (χ1n) is 5.69. The van der Waals surface area contributed by atoms with Crippen molar-refractivity contribution < 1.29 is 9.59 Å². The van der Waals surface area contributed by atoms with Crippen LogP contribution in [0.2, 0.25) is 0 Å². The molecule has 2 rings (SSSR count). The molecule has 0 saturated carbocycles. The van der Waals surface area contributed by atoms with E-state index in [0.717, 1.165) is 30.9 Å². The van der Waals surface area contributed by atoms with Gasteiger partial charge in [-0.15, -0.1) is 5.10 Å². The number of ketones is 1. The Balaban J connectivity index is 2.14. The number of likely N-dealkylation sites (tertiary alicyclic amines) is 1. The number of hydrogen-bond acceptors (Lipinski definition) is 5. The van der Waals surface area contributed by atoms with Crippen LogP contribution in [0.4, 0.5) is 0 Å². The van der Waals surface area contributed by atoms with Crippen LogP contribution in [0.25, 0.3) is 0 Å². The van der Waals surface area contributed by atoms with Crippen LogP contribution < -0.4 is 0 Å². The van der Waals surface area contributed by atoms with E-state index in [0.29, 0.717) is 17.0 Å². The summed E-state index contributed by atoms with van der Waals surface area (Å²) in [6.07, 6.45) is 2.34. The zero-order chi connectivity index (χ0) is 12.4. The van der Waals surface area contributed by atoms with Crippen LogP contribution >= 0.6 is 11.5 Å². The van der Waals surface area contributed by atoms with Crippen molar-refractivity contribution in [3.63, 3.8) is 0 Å². The number of rotatable bonds is 3. The van der Waals surface area contributed by atoms with Gasteiger partial charge < -0.3 is 4.90 Å². The van der Waals surface area contributed by atoms with Crippen molar-refractivity contribution in [2.45, 2.75) is 39.2 Å². The molecule has 2 heterocycles. The molecule has 1 aromatic heterocycles. The summed E-state index contributed by atoms with van der Waals surface area (Å²) >= 11 is 1.13. The van der Waals surface area contributed by atoms with E-state index in [2.05, 4.69) is 9.59 Å². The van der Waals surface area contributed by atoms with Gasteiger partial charge in [0, 0.05) is 19.0 Å². The summed E-state index contributed by atoms with van der Waals surface area (Å²) in [7, 11) is 0. The van der Waals surface area contributed by atoms with E-state index in [1.807, 2.05) is 0 Å². The summed E-state index contributed by atoms with van der Waals surface area (Å²) in [5.74, 6) is 0.107. The van der Waals surface area contributed by atoms with Gasteiger partial charge in [0.15, 0.2) is 0 Å². The van der Waals surface area contributed by atoms with Gasteiger partial charge in [-0.2, -0.15) is 0 Å². The molecule has 0 aliphatic carbocycles. The van der Waals surface area contributed by atoms with Crippen molar-refractivity contribution in [2.75, 3.05) is 6.54 Å². The van der Waals surface area contributed by atoms with E-state index < -0.39 is 0 Å². The van der Waals surface area contributed by atoms with E-state index >= 15 is 0 Å². The minimum absolute atomic E-state index is 0.0266. The predicted octanol–water partition coefficient (Wildman–Crippen LogP) is 1.43. The highest BCUT2D eigenvalue weighted by Crippen LogP contribution is 2.24. The Morgan fingerprint density at radius 2 is 2.29 bits per heavy atom. The first-order chi connectivity index (χ1) is 8.09. The molecule has 1 amide bonds. The third-order valence-electron chi connectivity index (χ3n) is 3.01. The molecule has 1 unspecified atom stereocenters. The molecule has 5 nitrogen and oxygen atoms in total. The van der Waals surface area contributed by atoms with Gasteiger partial charge in [-0.05, 0) is 38.2 Å². The molecule has 1 saturated heterocycles. The number of aryl methyl sites for hydroxylation is 1. The third-order valence-corrected chi connectivity index (χ3v) is 3.82. The molecule has 92 valence electrons. The van der Waals surface area contributed by atoms with E-state index in [9.17, 15) is 9.59 Å². The summed E-state index contributed by atoms with van der Waals surface area (Å²) in [6.45, 7) is 4.08. The summed E-state index contributed by atoms with van der Waals surface area (Å²) in [5, 5.41) is 3.85. The van der Waals surface area contributed by atoms with Crippen LogP contribution in [-0.4, -0.2) is 38.8 Å². The Labute approximate surface area is 104 Å². The molecule has 1 atom stereocenters. The van der Waals surface area contributed by atoms with Crippen molar-refractivity contribution in [2.24, 2.45) is 0 Å². The zero-order valence-electron chi connectivity index (χ0n) is 9.97. The van der Waals surface area contributed by atoms with Gasteiger partial charge in [0.1, 0.15) is 10.7 Å². The third kappa shape index (κ3) is 2.52. The van der Waals surface area contributed by atoms with Crippen LogP contribution in [0.1, 0.15) is 41.6 Å². The summed E-state index contributed by atoms with van der Waals surface area (Å²) in [4.78, 5) is 25.8. The van der Waals surface area contributed by atoms with Crippen molar-refractivity contribution in [3.05, 3.63) is 10.6 Å². The predicted molar refractivity (Wildman–Crippen MR) is 64.0 cm³/mol. The van der Waals surface area contributed by atoms with E-state index in [1.165, 1.54) is 0 Å². The number of aromatic nitrogens is 2. The fourth-order valence-electron chi connectivity index (χ4n) is 2.21. The Hall–Kier alpha value is -1.30. The lowest BCUT2D eigenvalue weighted by molar-refractivity contribution is -0.117. The highest BCUT2D eigenvalue weighted by Gasteiger charge is 2.31. The number of carbonyl (C=O) groups excluding carboxylic acids is 2. The van der Waals surface area contributed by atoms with E-state index in [4.69, 9.17) is 0 Å². The first kappa shape index (κ1) is 12.2.